The van der Waals surface area contributed by atoms with Gasteiger partial charge in [-0.15, -0.1) is 0 Å². The average Bonchev–Trinajstić information content (AvgIpc) is 2.39. The molecular weight excluding hydrogens is 298 g/mol. The molecule has 7 heteroatoms. The Hall–Kier alpha value is -2.57. The van der Waals surface area contributed by atoms with Crippen LogP contribution in [0.3, 0.4) is 0 Å². The number of benzene rings is 1. The van der Waals surface area contributed by atoms with E-state index in [-0.39, 0.29) is 17.7 Å². The Labute approximate surface area is 132 Å². The number of rotatable bonds is 2. The second-order valence-electron chi connectivity index (χ2n) is 6.70. The topological polar surface area (TPSA) is 108 Å². The number of H-pyrrole nitrogens is 2. The summed E-state index contributed by atoms with van der Waals surface area (Å²) in [6, 6.07) is 1.72. The van der Waals surface area contributed by atoms with Crippen LogP contribution in [0.1, 0.15) is 43.0 Å². The highest BCUT2D eigenvalue weighted by Crippen LogP contribution is 2.34. The molecule has 0 saturated heterocycles. The molecular formula is C16H21N3O4. The van der Waals surface area contributed by atoms with E-state index in [9.17, 15) is 19.5 Å². The molecule has 0 aliphatic rings. The molecule has 3 N–H and O–H groups in total. The van der Waals surface area contributed by atoms with E-state index in [1.54, 1.807) is 13.0 Å². The van der Waals surface area contributed by atoms with Crippen LogP contribution in [0.25, 0.3) is 0 Å². The maximum absolute atomic E-state index is 11.9. The monoisotopic (exact) mass is 319 g/mol. The minimum Gasteiger partial charge on any atom is -0.508 e. The average molecular weight is 319 g/mol. The van der Waals surface area contributed by atoms with Crippen LogP contribution in [-0.4, -0.2) is 19.6 Å². The summed E-state index contributed by atoms with van der Waals surface area (Å²) < 4.78 is 0.905. The normalized spacial score (nSPS) is 11.7. The Morgan fingerprint density at radius 2 is 1.57 bits per heavy atom. The Kier molecular flexibility index (Phi) is 4.07. The fourth-order valence-electron chi connectivity index (χ4n) is 2.72. The third-order valence-electron chi connectivity index (χ3n) is 4.03. The van der Waals surface area contributed by atoms with Gasteiger partial charge in [-0.25, -0.2) is 19.0 Å². The molecule has 0 fully saturated rings. The summed E-state index contributed by atoms with van der Waals surface area (Å²) in [6.45, 7) is 9.66. The van der Waals surface area contributed by atoms with Crippen molar-refractivity contribution in [3.05, 3.63) is 59.8 Å². The van der Waals surface area contributed by atoms with Crippen LogP contribution in [0.2, 0.25) is 0 Å². The minimum absolute atomic E-state index is 0.0277. The third-order valence-corrected chi connectivity index (χ3v) is 4.03. The molecule has 7 nitrogen and oxygen atoms in total. The third kappa shape index (κ3) is 3.13. The van der Waals surface area contributed by atoms with Crippen molar-refractivity contribution >= 4 is 0 Å². The summed E-state index contributed by atoms with van der Waals surface area (Å²) in [4.78, 5) is 38.9. The van der Waals surface area contributed by atoms with Crippen LogP contribution in [-0.2, 0) is 12.0 Å². The Morgan fingerprint density at radius 1 is 1.04 bits per heavy atom. The molecule has 1 aromatic carbocycles. The second kappa shape index (κ2) is 5.57. The van der Waals surface area contributed by atoms with Gasteiger partial charge in [-0.1, -0.05) is 20.8 Å². The maximum atomic E-state index is 11.9. The summed E-state index contributed by atoms with van der Waals surface area (Å²) >= 11 is 0. The molecule has 0 amide bonds. The quantitative estimate of drug-likeness (QED) is 0.764. The van der Waals surface area contributed by atoms with Crippen LogP contribution in [0.5, 0.6) is 5.75 Å². The van der Waals surface area contributed by atoms with Crippen molar-refractivity contribution in [2.75, 3.05) is 0 Å². The first-order chi connectivity index (χ1) is 10.5. The molecule has 1 aromatic heterocycles. The molecule has 2 aromatic rings. The lowest BCUT2D eigenvalue weighted by Crippen LogP contribution is -2.43. The highest BCUT2D eigenvalue weighted by Gasteiger charge is 2.22. The lowest BCUT2D eigenvalue weighted by molar-refractivity contribution is 0.464. The van der Waals surface area contributed by atoms with Crippen LogP contribution in [0, 0.1) is 13.8 Å². The van der Waals surface area contributed by atoms with E-state index in [1.165, 1.54) is 0 Å². The fourth-order valence-corrected chi connectivity index (χ4v) is 2.72. The Morgan fingerprint density at radius 3 is 2.04 bits per heavy atom. The van der Waals surface area contributed by atoms with Gasteiger partial charge in [0.1, 0.15) is 5.75 Å². The van der Waals surface area contributed by atoms with E-state index in [0.29, 0.717) is 11.1 Å². The highest BCUT2D eigenvalue weighted by molar-refractivity contribution is 5.50. The van der Waals surface area contributed by atoms with Crippen molar-refractivity contribution in [2.24, 2.45) is 0 Å². The first-order valence-electron chi connectivity index (χ1n) is 7.28. The SMILES string of the molecule is Cc1c(O)cc(C(C)(C)C)c(C)c1Cn1c(=O)[nH]c(=O)[nH]c1=O. The number of hydrogen-bond acceptors (Lipinski definition) is 4. The standard InChI is InChI=1S/C16H21N3O4/c1-8-10(7-19-14(22)17-13(21)18-15(19)23)9(2)12(20)6-11(8)16(3,4)5/h6,20H,7H2,1-5H3,(H2,17,18,21,22,23). The molecule has 0 aliphatic carbocycles. The van der Waals surface area contributed by atoms with Crippen LogP contribution >= 0.6 is 0 Å². The van der Waals surface area contributed by atoms with Crippen LogP contribution in [0.15, 0.2) is 20.4 Å². The summed E-state index contributed by atoms with van der Waals surface area (Å²) in [5, 5.41) is 10.2. The van der Waals surface area contributed by atoms with E-state index in [0.717, 1.165) is 15.7 Å². The van der Waals surface area contributed by atoms with E-state index >= 15 is 0 Å². The molecule has 1 heterocycles. The molecule has 0 saturated carbocycles. The molecule has 0 aliphatic heterocycles. The molecule has 0 unspecified atom stereocenters. The van der Waals surface area contributed by atoms with Gasteiger partial charge in [0.2, 0.25) is 0 Å². The molecule has 0 radical (unpaired) electrons. The van der Waals surface area contributed by atoms with Crippen molar-refractivity contribution < 1.29 is 5.11 Å². The number of aromatic amines is 2. The van der Waals surface area contributed by atoms with E-state index < -0.39 is 17.1 Å². The van der Waals surface area contributed by atoms with Gasteiger partial charge in [-0.3, -0.25) is 9.97 Å². The maximum Gasteiger partial charge on any atom is 0.333 e. The summed E-state index contributed by atoms with van der Waals surface area (Å²) in [6.07, 6.45) is 0. The molecule has 124 valence electrons. The zero-order valence-electron chi connectivity index (χ0n) is 13.9. The molecule has 2 rings (SSSR count). The number of nitrogens with one attached hydrogen (secondary N) is 2. The Bertz CT molecular complexity index is 892. The van der Waals surface area contributed by atoms with Gasteiger partial charge in [-0.2, -0.15) is 0 Å². The first-order valence-corrected chi connectivity index (χ1v) is 7.28. The number of aromatic hydroxyl groups is 1. The predicted octanol–water partition coefficient (Wildman–Crippen LogP) is 0.893. The molecule has 23 heavy (non-hydrogen) atoms. The van der Waals surface area contributed by atoms with E-state index in [2.05, 4.69) is 0 Å². The zero-order chi connectivity index (χ0) is 17.5. The van der Waals surface area contributed by atoms with Crippen LogP contribution in [0.4, 0.5) is 0 Å². The summed E-state index contributed by atoms with van der Waals surface area (Å²) in [5.41, 5.74) is 0.539. The minimum atomic E-state index is -0.837. The number of aromatic nitrogens is 3. The van der Waals surface area contributed by atoms with Crippen molar-refractivity contribution in [1.29, 1.82) is 0 Å². The molecule has 0 bridgehead atoms. The van der Waals surface area contributed by atoms with E-state index in [1.807, 2.05) is 37.7 Å². The summed E-state index contributed by atoms with van der Waals surface area (Å²) in [5.74, 6) is 0.115. The lowest BCUT2D eigenvalue weighted by Gasteiger charge is -2.25. The van der Waals surface area contributed by atoms with Gasteiger partial charge in [0.15, 0.2) is 0 Å². The highest BCUT2D eigenvalue weighted by atomic mass is 16.3. The van der Waals surface area contributed by atoms with Gasteiger partial charge >= 0.3 is 17.1 Å². The van der Waals surface area contributed by atoms with Gasteiger partial charge in [0, 0.05) is 0 Å². The van der Waals surface area contributed by atoms with Crippen LogP contribution < -0.4 is 17.1 Å². The van der Waals surface area contributed by atoms with Crippen molar-refractivity contribution in [3.8, 4) is 5.75 Å². The predicted molar refractivity (Wildman–Crippen MR) is 87.3 cm³/mol. The van der Waals surface area contributed by atoms with Gasteiger partial charge < -0.3 is 5.11 Å². The zero-order valence-corrected chi connectivity index (χ0v) is 13.9. The van der Waals surface area contributed by atoms with Crippen molar-refractivity contribution in [2.45, 2.75) is 46.6 Å². The smallest absolute Gasteiger partial charge is 0.333 e. The van der Waals surface area contributed by atoms with Gasteiger partial charge in [0.25, 0.3) is 0 Å². The second-order valence-corrected chi connectivity index (χ2v) is 6.70. The van der Waals surface area contributed by atoms with Gasteiger partial charge in [-0.05, 0) is 47.6 Å². The van der Waals surface area contributed by atoms with Crippen molar-refractivity contribution in [1.82, 2.24) is 14.5 Å². The summed E-state index contributed by atoms with van der Waals surface area (Å²) in [7, 11) is 0. The Balaban J connectivity index is 2.71. The number of phenols is 1. The number of hydrogen-bond donors (Lipinski definition) is 3. The molecule has 0 atom stereocenters. The fraction of sp³-hybridized carbons (Fsp3) is 0.438. The number of nitrogens with zero attached hydrogens (tertiary/aromatic N) is 1. The largest absolute Gasteiger partial charge is 0.508 e. The first kappa shape index (κ1) is 16.8. The number of phenolic OH excluding ortho intramolecular Hbond substituents is 1. The van der Waals surface area contributed by atoms with Gasteiger partial charge in [0.05, 0.1) is 6.54 Å². The lowest BCUT2D eigenvalue weighted by atomic mass is 9.81. The van der Waals surface area contributed by atoms with E-state index in [4.69, 9.17) is 0 Å². The molecule has 0 spiro atoms. The van der Waals surface area contributed by atoms with Crippen molar-refractivity contribution in [3.63, 3.8) is 0 Å².